The van der Waals surface area contributed by atoms with E-state index in [-0.39, 0.29) is 0 Å². The Hall–Kier alpha value is -1.42. The highest BCUT2D eigenvalue weighted by atomic mass is 35.5. The van der Waals surface area contributed by atoms with E-state index in [1.54, 1.807) is 50.6 Å². The fourth-order valence-electron chi connectivity index (χ4n) is 1.91. The van der Waals surface area contributed by atoms with E-state index in [4.69, 9.17) is 32.7 Å². The van der Waals surface area contributed by atoms with Crippen LogP contribution >= 0.6 is 23.2 Å². The van der Waals surface area contributed by atoms with Crippen LogP contribution in [0.1, 0.15) is 17.2 Å². The molecule has 0 aliphatic heterocycles. The zero-order chi connectivity index (χ0) is 14.7. The van der Waals surface area contributed by atoms with Crippen LogP contribution in [0.2, 0.25) is 10.0 Å². The normalized spacial score (nSPS) is 12.1. The van der Waals surface area contributed by atoms with Gasteiger partial charge in [0.1, 0.15) is 17.6 Å². The van der Waals surface area contributed by atoms with Gasteiger partial charge < -0.3 is 14.6 Å². The molecule has 0 spiro atoms. The van der Waals surface area contributed by atoms with Crippen molar-refractivity contribution in [2.24, 2.45) is 0 Å². The lowest BCUT2D eigenvalue weighted by atomic mass is 10.0. The monoisotopic (exact) mass is 312 g/mol. The Bertz CT molecular complexity index is 614. The summed E-state index contributed by atoms with van der Waals surface area (Å²) in [7, 11) is 3.11. The van der Waals surface area contributed by atoms with E-state index in [2.05, 4.69) is 0 Å². The van der Waals surface area contributed by atoms with Gasteiger partial charge in [0.05, 0.1) is 24.3 Å². The van der Waals surface area contributed by atoms with E-state index in [1.807, 2.05) is 0 Å². The first kappa shape index (κ1) is 15.0. The second kappa shape index (κ2) is 6.35. The number of benzene rings is 2. The maximum atomic E-state index is 10.5. The lowest BCUT2D eigenvalue weighted by Gasteiger charge is -2.16. The average Bonchev–Trinajstić information content (AvgIpc) is 2.48. The van der Waals surface area contributed by atoms with Crippen molar-refractivity contribution in [3.8, 4) is 11.5 Å². The first-order valence-corrected chi connectivity index (χ1v) is 6.67. The molecule has 0 radical (unpaired) electrons. The molecule has 0 amide bonds. The lowest BCUT2D eigenvalue weighted by molar-refractivity contribution is 0.214. The van der Waals surface area contributed by atoms with Gasteiger partial charge in [-0.05, 0) is 29.8 Å². The van der Waals surface area contributed by atoms with Crippen LogP contribution < -0.4 is 9.47 Å². The van der Waals surface area contributed by atoms with Crippen LogP contribution in [0.5, 0.6) is 11.5 Å². The predicted octanol–water partition coefficient (Wildman–Crippen LogP) is 4.09. The van der Waals surface area contributed by atoms with Crippen LogP contribution in [0.3, 0.4) is 0 Å². The Kier molecular flexibility index (Phi) is 4.76. The highest BCUT2D eigenvalue weighted by molar-refractivity contribution is 6.42. The molecule has 2 aromatic carbocycles. The second-order valence-corrected chi connectivity index (χ2v) is 5.00. The molecule has 3 nitrogen and oxygen atoms in total. The van der Waals surface area contributed by atoms with Gasteiger partial charge in [0.25, 0.3) is 0 Å². The van der Waals surface area contributed by atoms with Crippen molar-refractivity contribution >= 4 is 23.2 Å². The quantitative estimate of drug-likeness (QED) is 0.924. The van der Waals surface area contributed by atoms with Crippen molar-refractivity contribution in [2.45, 2.75) is 6.10 Å². The van der Waals surface area contributed by atoms with Crippen LogP contribution in [-0.2, 0) is 0 Å². The van der Waals surface area contributed by atoms with Crippen molar-refractivity contribution in [3.05, 3.63) is 57.6 Å². The lowest BCUT2D eigenvalue weighted by Crippen LogP contribution is -2.03. The molecule has 1 N–H and O–H groups in total. The minimum Gasteiger partial charge on any atom is -0.497 e. The number of methoxy groups -OCH3 is 2. The zero-order valence-electron chi connectivity index (χ0n) is 11.1. The molecule has 2 aromatic rings. The molecule has 0 aliphatic rings. The number of hydrogen-bond donors (Lipinski definition) is 1. The zero-order valence-corrected chi connectivity index (χ0v) is 12.6. The summed E-state index contributed by atoms with van der Waals surface area (Å²) in [6, 6.07) is 10.2. The first-order chi connectivity index (χ1) is 9.56. The van der Waals surface area contributed by atoms with Gasteiger partial charge in [-0.2, -0.15) is 0 Å². The molecule has 0 heterocycles. The fourth-order valence-corrected chi connectivity index (χ4v) is 2.21. The number of ether oxygens (including phenoxy) is 2. The summed E-state index contributed by atoms with van der Waals surface area (Å²) in [4.78, 5) is 0. The third kappa shape index (κ3) is 3.01. The third-order valence-corrected chi connectivity index (χ3v) is 3.73. The molecule has 0 saturated carbocycles. The SMILES string of the molecule is COc1ccc(C(O)c2ccc(Cl)c(Cl)c2)c(OC)c1. The molecule has 5 heteroatoms. The van der Waals surface area contributed by atoms with Crippen LogP contribution in [0, 0.1) is 0 Å². The van der Waals surface area contributed by atoms with Gasteiger partial charge in [-0.25, -0.2) is 0 Å². The number of hydrogen-bond acceptors (Lipinski definition) is 3. The maximum Gasteiger partial charge on any atom is 0.128 e. The Labute approximate surface area is 127 Å². The molecular weight excluding hydrogens is 299 g/mol. The molecule has 0 aromatic heterocycles. The minimum atomic E-state index is -0.856. The summed E-state index contributed by atoms with van der Waals surface area (Å²) in [6.07, 6.45) is -0.856. The Morgan fingerprint density at radius 1 is 0.950 bits per heavy atom. The smallest absolute Gasteiger partial charge is 0.128 e. The van der Waals surface area contributed by atoms with Crippen LogP contribution in [0.15, 0.2) is 36.4 Å². The molecule has 1 atom stereocenters. The molecule has 2 rings (SSSR count). The van der Waals surface area contributed by atoms with Gasteiger partial charge >= 0.3 is 0 Å². The van der Waals surface area contributed by atoms with Gasteiger partial charge in [-0.3, -0.25) is 0 Å². The highest BCUT2D eigenvalue weighted by Gasteiger charge is 2.17. The fraction of sp³-hybridized carbons (Fsp3) is 0.200. The second-order valence-electron chi connectivity index (χ2n) is 4.18. The van der Waals surface area contributed by atoms with Gasteiger partial charge in [0, 0.05) is 11.6 Å². The van der Waals surface area contributed by atoms with Crippen molar-refractivity contribution < 1.29 is 14.6 Å². The van der Waals surface area contributed by atoms with E-state index < -0.39 is 6.10 Å². The summed E-state index contributed by atoms with van der Waals surface area (Å²) < 4.78 is 10.4. The number of rotatable bonds is 4. The van der Waals surface area contributed by atoms with Crippen molar-refractivity contribution in [1.29, 1.82) is 0 Å². The summed E-state index contributed by atoms with van der Waals surface area (Å²) in [6.45, 7) is 0. The predicted molar refractivity (Wildman–Crippen MR) is 80.1 cm³/mol. The molecule has 0 bridgehead atoms. The van der Waals surface area contributed by atoms with E-state index in [9.17, 15) is 5.11 Å². The van der Waals surface area contributed by atoms with E-state index in [1.165, 1.54) is 0 Å². The highest BCUT2D eigenvalue weighted by Crippen LogP contribution is 2.34. The molecule has 1 unspecified atom stereocenters. The van der Waals surface area contributed by atoms with E-state index in [0.717, 1.165) is 0 Å². The Balaban J connectivity index is 2.41. The van der Waals surface area contributed by atoms with Crippen LogP contribution in [0.25, 0.3) is 0 Å². The first-order valence-electron chi connectivity index (χ1n) is 5.91. The average molecular weight is 313 g/mol. The van der Waals surface area contributed by atoms with Gasteiger partial charge in [-0.15, -0.1) is 0 Å². The standard InChI is InChI=1S/C15H14Cl2O3/c1-19-10-4-5-11(14(8-10)20-2)15(18)9-3-6-12(16)13(17)7-9/h3-8,15,18H,1-2H3. The van der Waals surface area contributed by atoms with Crippen LogP contribution in [0.4, 0.5) is 0 Å². The summed E-state index contributed by atoms with van der Waals surface area (Å²) in [5, 5.41) is 11.3. The molecular formula is C15H14Cl2O3. The topological polar surface area (TPSA) is 38.7 Å². The number of halogens is 2. The van der Waals surface area contributed by atoms with Crippen LogP contribution in [-0.4, -0.2) is 19.3 Å². The maximum absolute atomic E-state index is 10.5. The van der Waals surface area contributed by atoms with Crippen molar-refractivity contribution in [3.63, 3.8) is 0 Å². The van der Waals surface area contributed by atoms with Gasteiger partial charge in [-0.1, -0.05) is 29.3 Å². The number of aliphatic hydroxyl groups excluding tert-OH is 1. The Morgan fingerprint density at radius 2 is 1.70 bits per heavy atom. The largest absolute Gasteiger partial charge is 0.497 e. The molecule has 20 heavy (non-hydrogen) atoms. The van der Waals surface area contributed by atoms with Gasteiger partial charge in [0.15, 0.2) is 0 Å². The molecule has 0 fully saturated rings. The summed E-state index contributed by atoms with van der Waals surface area (Å²) >= 11 is 11.8. The molecule has 0 saturated heterocycles. The van der Waals surface area contributed by atoms with Crippen molar-refractivity contribution in [2.75, 3.05) is 14.2 Å². The number of aliphatic hydroxyl groups is 1. The molecule has 106 valence electrons. The summed E-state index contributed by atoms with van der Waals surface area (Å²) in [5.41, 5.74) is 1.27. The summed E-state index contributed by atoms with van der Waals surface area (Å²) in [5.74, 6) is 1.20. The Morgan fingerprint density at radius 3 is 2.30 bits per heavy atom. The minimum absolute atomic E-state index is 0.399. The van der Waals surface area contributed by atoms with Gasteiger partial charge in [0.2, 0.25) is 0 Å². The van der Waals surface area contributed by atoms with Crippen molar-refractivity contribution in [1.82, 2.24) is 0 Å². The van der Waals surface area contributed by atoms with E-state index in [0.29, 0.717) is 32.7 Å². The van der Waals surface area contributed by atoms with E-state index >= 15 is 0 Å². The third-order valence-electron chi connectivity index (χ3n) is 2.99. The molecule has 0 aliphatic carbocycles.